The van der Waals surface area contributed by atoms with Gasteiger partial charge < -0.3 is 9.16 Å². The molecule has 1 heterocycles. The van der Waals surface area contributed by atoms with Crippen molar-refractivity contribution in [3.05, 3.63) is 42.0 Å². The number of rotatable bonds is 7. The second-order valence-corrected chi connectivity index (χ2v) is 18.2. The average Bonchev–Trinajstić information content (AvgIpc) is 2.77. The maximum atomic E-state index is 12.7. The summed E-state index contributed by atoms with van der Waals surface area (Å²) in [5.74, 6) is -0.209. The molecule has 0 saturated heterocycles. The molecule has 2 rings (SSSR count). The number of carbonyl (C=O) groups excluding carboxylic acids is 1. The average molecular weight is 539 g/mol. The quantitative estimate of drug-likeness (QED) is 0.164. The summed E-state index contributed by atoms with van der Waals surface area (Å²) in [5.41, 5.74) is 0.974. The molecular weight excluding hydrogens is 492 g/mol. The molecule has 8 heteroatoms. The standard InChI is InChI=1S/C28H46O6SSi/c1-21-16-18-24(19-17-21)35(30,31)32-20-23(3)25-13-10-9-12-22(2)26(14-11-15-27(29)33-25)34-36(7,8)28(4,5)6/h9-10,16-19,22-23,25-26H,11-15,20H2,1-8H3/b10-9-/t22-,23-,25+,26-/m0/s1. The Balaban J connectivity index is 2.04. The Bertz CT molecular complexity index is 978. The van der Waals surface area contributed by atoms with Gasteiger partial charge in [0.2, 0.25) is 0 Å². The summed E-state index contributed by atoms with van der Waals surface area (Å²) in [6, 6.07) is 6.55. The molecular formula is C28H46O6SSi. The maximum Gasteiger partial charge on any atom is 0.306 e. The van der Waals surface area contributed by atoms with Crippen LogP contribution in [0.15, 0.2) is 41.3 Å². The van der Waals surface area contributed by atoms with E-state index in [-0.39, 0.29) is 34.5 Å². The van der Waals surface area contributed by atoms with Gasteiger partial charge in [-0.25, -0.2) is 0 Å². The first-order valence-electron chi connectivity index (χ1n) is 13.1. The largest absolute Gasteiger partial charge is 0.462 e. The summed E-state index contributed by atoms with van der Waals surface area (Å²) in [6.07, 6.45) is 7.05. The second kappa shape index (κ2) is 12.8. The van der Waals surface area contributed by atoms with Crippen LogP contribution in [0.5, 0.6) is 0 Å². The smallest absolute Gasteiger partial charge is 0.306 e. The van der Waals surface area contributed by atoms with E-state index in [1.54, 1.807) is 12.1 Å². The second-order valence-electron chi connectivity index (χ2n) is 11.8. The number of hydrogen-bond acceptors (Lipinski definition) is 6. The van der Waals surface area contributed by atoms with Crippen molar-refractivity contribution in [2.75, 3.05) is 6.61 Å². The molecule has 0 aromatic heterocycles. The van der Waals surface area contributed by atoms with Crippen LogP contribution in [0.3, 0.4) is 0 Å². The first-order valence-corrected chi connectivity index (χ1v) is 17.4. The van der Waals surface area contributed by atoms with E-state index in [1.807, 2.05) is 19.9 Å². The molecule has 0 radical (unpaired) electrons. The molecule has 0 N–H and O–H groups in total. The van der Waals surface area contributed by atoms with Gasteiger partial charge in [-0.3, -0.25) is 8.98 Å². The molecule has 0 amide bonds. The summed E-state index contributed by atoms with van der Waals surface area (Å²) < 4.78 is 43.0. The van der Waals surface area contributed by atoms with Crippen molar-refractivity contribution in [3.8, 4) is 0 Å². The lowest BCUT2D eigenvalue weighted by Gasteiger charge is -2.41. The molecule has 0 bridgehead atoms. The maximum absolute atomic E-state index is 12.7. The topological polar surface area (TPSA) is 78.9 Å². The third-order valence-electron chi connectivity index (χ3n) is 7.51. The monoisotopic (exact) mass is 538 g/mol. The molecule has 1 aliphatic heterocycles. The van der Waals surface area contributed by atoms with E-state index in [4.69, 9.17) is 13.3 Å². The molecule has 1 aliphatic rings. The van der Waals surface area contributed by atoms with Gasteiger partial charge >= 0.3 is 5.97 Å². The van der Waals surface area contributed by atoms with Crippen molar-refractivity contribution in [1.29, 1.82) is 0 Å². The van der Waals surface area contributed by atoms with Gasteiger partial charge in [0.05, 0.1) is 11.5 Å². The minimum Gasteiger partial charge on any atom is -0.462 e. The summed E-state index contributed by atoms with van der Waals surface area (Å²) in [4.78, 5) is 12.8. The van der Waals surface area contributed by atoms with Gasteiger partial charge in [-0.2, -0.15) is 8.42 Å². The van der Waals surface area contributed by atoms with Crippen LogP contribution in [0, 0.1) is 18.8 Å². The molecule has 36 heavy (non-hydrogen) atoms. The lowest BCUT2D eigenvalue weighted by Crippen LogP contribution is -2.45. The number of aryl methyl sites for hydroxylation is 1. The lowest BCUT2D eigenvalue weighted by molar-refractivity contribution is -0.152. The highest BCUT2D eigenvalue weighted by Crippen LogP contribution is 2.39. The number of cyclic esters (lactones) is 1. The van der Waals surface area contributed by atoms with Crippen LogP contribution in [-0.2, 0) is 28.3 Å². The molecule has 1 aromatic carbocycles. The van der Waals surface area contributed by atoms with Crippen molar-refractivity contribution in [1.82, 2.24) is 0 Å². The first-order chi connectivity index (χ1) is 16.6. The Hall–Kier alpha value is -1.48. The van der Waals surface area contributed by atoms with Crippen molar-refractivity contribution in [2.24, 2.45) is 11.8 Å². The van der Waals surface area contributed by atoms with Crippen LogP contribution in [0.2, 0.25) is 18.1 Å². The van der Waals surface area contributed by atoms with Crippen LogP contribution >= 0.6 is 0 Å². The highest BCUT2D eigenvalue weighted by molar-refractivity contribution is 7.86. The lowest BCUT2D eigenvalue weighted by atomic mass is 9.95. The number of allylic oxidation sites excluding steroid dienone is 1. The Morgan fingerprint density at radius 2 is 1.72 bits per heavy atom. The zero-order valence-corrected chi connectivity index (χ0v) is 25.2. The minimum atomic E-state index is -3.87. The molecule has 204 valence electrons. The summed E-state index contributed by atoms with van der Waals surface area (Å²) >= 11 is 0. The molecule has 4 atom stereocenters. The van der Waals surface area contributed by atoms with Gasteiger partial charge in [0, 0.05) is 24.9 Å². The Morgan fingerprint density at radius 1 is 1.11 bits per heavy atom. The summed E-state index contributed by atoms with van der Waals surface area (Å²) in [5, 5.41) is 0.129. The van der Waals surface area contributed by atoms with Crippen molar-refractivity contribution >= 4 is 24.4 Å². The minimum absolute atomic E-state index is 0.0547. The number of benzene rings is 1. The third kappa shape index (κ3) is 9.12. The Kier molecular flexibility index (Phi) is 11.0. The van der Waals surface area contributed by atoms with Crippen LogP contribution in [0.1, 0.15) is 72.3 Å². The van der Waals surface area contributed by atoms with E-state index < -0.39 is 24.5 Å². The molecule has 0 unspecified atom stereocenters. The van der Waals surface area contributed by atoms with Crippen LogP contribution in [-0.4, -0.2) is 41.5 Å². The molecule has 0 fully saturated rings. The zero-order chi connectivity index (χ0) is 27.1. The van der Waals surface area contributed by atoms with Crippen molar-refractivity contribution in [2.45, 2.75) is 109 Å². The van der Waals surface area contributed by atoms with Gasteiger partial charge in [-0.05, 0) is 62.4 Å². The first kappa shape index (κ1) is 30.7. The fourth-order valence-electron chi connectivity index (χ4n) is 3.86. The highest BCUT2D eigenvalue weighted by Gasteiger charge is 2.40. The van der Waals surface area contributed by atoms with Gasteiger partial charge in [0.1, 0.15) is 6.10 Å². The SMILES string of the molecule is Cc1ccc(S(=O)(=O)OC[C@H](C)[C@H]2C/C=C\C[C@H](C)[C@@H](O[Si](C)(C)C(C)(C)C)CCCC(=O)O2)cc1. The van der Waals surface area contributed by atoms with E-state index in [1.165, 1.54) is 12.1 Å². The third-order valence-corrected chi connectivity index (χ3v) is 13.3. The van der Waals surface area contributed by atoms with Crippen molar-refractivity contribution < 1.29 is 26.6 Å². The van der Waals surface area contributed by atoms with Crippen LogP contribution < -0.4 is 0 Å². The van der Waals surface area contributed by atoms with E-state index in [0.717, 1.165) is 18.4 Å². The molecule has 0 spiro atoms. The predicted molar refractivity (Wildman–Crippen MR) is 147 cm³/mol. The Morgan fingerprint density at radius 3 is 2.33 bits per heavy atom. The molecule has 6 nitrogen and oxygen atoms in total. The number of ether oxygens (including phenoxy) is 1. The summed E-state index contributed by atoms with van der Waals surface area (Å²) in [6.45, 7) is 17.2. The normalized spacial score (nSPS) is 24.8. The predicted octanol–water partition coefficient (Wildman–Crippen LogP) is 6.80. The van der Waals surface area contributed by atoms with Gasteiger partial charge in [0.25, 0.3) is 10.1 Å². The van der Waals surface area contributed by atoms with Gasteiger partial charge in [-0.15, -0.1) is 0 Å². The molecule has 1 aromatic rings. The number of hydrogen-bond donors (Lipinski definition) is 0. The van der Waals surface area contributed by atoms with Gasteiger partial charge in [0.15, 0.2) is 8.32 Å². The van der Waals surface area contributed by atoms with Crippen molar-refractivity contribution in [3.63, 3.8) is 0 Å². The summed E-state index contributed by atoms with van der Waals surface area (Å²) in [7, 11) is -5.80. The number of esters is 1. The van der Waals surface area contributed by atoms with Crippen LogP contribution in [0.4, 0.5) is 0 Å². The van der Waals surface area contributed by atoms with E-state index in [9.17, 15) is 13.2 Å². The fourth-order valence-corrected chi connectivity index (χ4v) is 6.32. The van der Waals surface area contributed by atoms with Crippen LogP contribution in [0.25, 0.3) is 0 Å². The van der Waals surface area contributed by atoms with Gasteiger partial charge in [-0.1, -0.05) is 64.5 Å². The zero-order valence-electron chi connectivity index (χ0n) is 23.4. The van der Waals surface area contributed by atoms with E-state index in [2.05, 4.69) is 46.9 Å². The molecule has 0 aliphatic carbocycles. The van der Waals surface area contributed by atoms with E-state index >= 15 is 0 Å². The Labute approximate surface area is 220 Å². The highest BCUT2D eigenvalue weighted by atomic mass is 32.2. The fraction of sp³-hybridized carbons (Fsp3) is 0.679. The van der Waals surface area contributed by atoms with E-state index in [0.29, 0.717) is 25.2 Å². The number of carbonyl (C=O) groups is 1. The molecule has 0 saturated carbocycles.